The highest BCUT2D eigenvalue weighted by molar-refractivity contribution is 5.85. The van der Waals surface area contributed by atoms with Gasteiger partial charge in [-0.05, 0) is 30.9 Å². The highest BCUT2D eigenvalue weighted by Gasteiger charge is 2.27. The van der Waals surface area contributed by atoms with E-state index < -0.39 is 0 Å². The third-order valence-electron chi connectivity index (χ3n) is 4.47. The number of piperazine rings is 1. The highest BCUT2D eigenvalue weighted by Crippen LogP contribution is 2.21. The Morgan fingerprint density at radius 2 is 2.09 bits per heavy atom. The number of aromatic nitrogens is 1. The number of nitrogens with zero attached hydrogens (tertiary/aromatic N) is 3. The molecule has 122 valence electrons. The maximum absolute atomic E-state index is 12.5. The van der Waals surface area contributed by atoms with Crippen molar-refractivity contribution >= 4 is 18.3 Å². The second kappa shape index (κ2) is 8.46. The molecule has 0 spiro atoms. The summed E-state index contributed by atoms with van der Waals surface area (Å²) >= 11 is 0. The van der Waals surface area contributed by atoms with Gasteiger partial charge >= 0.3 is 0 Å². The third-order valence-corrected chi connectivity index (χ3v) is 4.47. The van der Waals surface area contributed by atoms with E-state index in [0.29, 0.717) is 6.54 Å². The molecule has 5 nitrogen and oxygen atoms in total. The van der Waals surface area contributed by atoms with Gasteiger partial charge in [-0.2, -0.15) is 0 Å². The van der Waals surface area contributed by atoms with Crippen molar-refractivity contribution in [3.63, 3.8) is 0 Å². The molecule has 2 fully saturated rings. The van der Waals surface area contributed by atoms with Gasteiger partial charge in [0.2, 0.25) is 5.91 Å². The first-order valence-corrected chi connectivity index (χ1v) is 7.97. The second-order valence-corrected chi connectivity index (χ2v) is 5.92. The Labute approximate surface area is 138 Å². The SMILES string of the molecule is Cl.O=C(CN1CCNCC1c1cccnc1)N1CCCCC1. The quantitative estimate of drug-likeness (QED) is 0.914. The fraction of sp³-hybridized carbons (Fsp3) is 0.625. The lowest BCUT2D eigenvalue weighted by molar-refractivity contribution is -0.134. The van der Waals surface area contributed by atoms with Gasteiger partial charge < -0.3 is 10.2 Å². The Kier molecular flexibility index (Phi) is 6.61. The van der Waals surface area contributed by atoms with E-state index >= 15 is 0 Å². The van der Waals surface area contributed by atoms with E-state index in [4.69, 9.17) is 0 Å². The fourth-order valence-electron chi connectivity index (χ4n) is 3.25. The molecule has 1 amide bonds. The molecule has 2 aliphatic rings. The number of carbonyl (C=O) groups is 1. The number of piperidine rings is 1. The van der Waals surface area contributed by atoms with Gasteiger partial charge in [0.05, 0.1) is 6.54 Å². The predicted molar refractivity (Wildman–Crippen MR) is 89.1 cm³/mol. The van der Waals surface area contributed by atoms with Gasteiger partial charge in [-0.3, -0.25) is 14.7 Å². The van der Waals surface area contributed by atoms with Crippen LogP contribution in [-0.2, 0) is 4.79 Å². The number of halogens is 1. The maximum Gasteiger partial charge on any atom is 0.236 e. The van der Waals surface area contributed by atoms with Gasteiger partial charge in [-0.1, -0.05) is 6.07 Å². The van der Waals surface area contributed by atoms with Crippen LogP contribution in [0, 0.1) is 0 Å². The first-order valence-electron chi connectivity index (χ1n) is 7.97. The zero-order valence-corrected chi connectivity index (χ0v) is 13.7. The summed E-state index contributed by atoms with van der Waals surface area (Å²) in [5, 5.41) is 3.42. The molecule has 1 unspecified atom stereocenters. The topological polar surface area (TPSA) is 48.5 Å². The molecule has 0 saturated carbocycles. The molecule has 3 rings (SSSR count). The zero-order valence-electron chi connectivity index (χ0n) is 12.9. The summed E-state index contributed by atoms with van der Waals surface area (Å²) in [4.78, 5) is 21.0. The number of rotatable bonds is 3. The Morgan fingerprint density at radius 3 is 2.82 bits per heavy atom. The smallest absolute Gasteiger partial charge is 0.236 e. The largest absolute Gasteiger partial charge is 0.342 e. The minimum Gasteiger partial charge on any atom is -0.342 e. The number of nitrogens with one attached hydrogen (secondary N) is 1. The van der Waals surface area contributed by atoms with Crippen molar-refractivity contribution < 1.29 is 4.79 Å². The molecule has 1 aromatic heterocycles. The van der Waals surface area contributed by atoms with E-state index in [2.05, 4.69) is 21.3 Å². The number of likely N-dealkylation sites (tertiary alicyclic amines) is 1. The Hall–Kier alpha value is -1.17. The predicted octanol–water partition coefficient (Wildman–Crippen LogP) is 1.46. The molecule has 0 aliphatic carbocycles. The van der Waals surface area contributed by atoms with Crippen molar-refractivity contribution in [2.24, 2.45) is 0 Å². The van der Waals surface area contributed by atoms with Crippen molar-refractivity contribution in [3.05, 3.63) is 30.1 Å². The summed E-state index contributed by atoms with van der Waals surface area (Å²) in [5.41, 5.74) is 1.19. The summed E-state index contributed by atoms with van der Waals surface area (Å²) in [6.07, 6.45) is 7.27. The van der Waals surface area contributed by atoms with E-state index in [1.165, 1.54) is 12.0 Å². The molecule has 0 aromatic carbocycles. The molecule has 3 heterocycles. The van der Waals surface area contributed by atoms with Gasteiger partial charge in [0.25, 0.3) is 0 Å². The molecule has 1 aromatic rings. The Morgan fingerprint density at radius 1 is 1.27 bits per heavy atom. The summed E-state index contributed by atoms with van der Waals surface area (Å²) in [5.74, 6) is 0.283. The Bertz CT molecular complexity index is 464. The minimum atomic E-state index is 0. The standard InChI is InChI=1S/C16H24N4O.ClH/c21-16(19-8-2-1-3-9-19)13-20-10-7-18-12-15(20)14-5-4-6-17-11-14;/h4-6,11,15,18H,1-3,7-10,12-13H2;1H. The molecule has 0 radical (unpaired) electrons. The van der Waals surface area contributed by atoms with Crippen molar-refractivity contribution in [1.82, 2.24) is 20.1 Å². The monoisotopic (exact) mass is 324 g/mol. The third kappa shape index (κ3) is 4.18. The summed E-state index contributed by atoms with van der Waals surface area (Å²) in [6, 6.07) is 4.32. The summed E-state index contributed by atoms with van der Waals surface area (Å²) in [6.45, 7) is 5.15. The average molecular weight is 325 g/mol. The molecule has 0 bridgehead atoms. The number of hydrogen-bond donors (Lipinski definition) is 1. The molecule has 1 atom stereocenters. The van der Waals surface area contributed by atoms with E-state index in [0.717, 1.165) is 45.6 Å². The molecule has 2 aliphatic heterocycles. The van der Waals surface area contributed by atoms with Gasteiger partial charge in [0.15, 0.2) is 0 Å². The van der Waals surface area contributed by atoms with Crippen LogP contribution in [0.3, 0.4) is 0 Å². The van der Waals surface area contributed by atoms with Crippen LogP contribution in [-0.4, -0.2) is 60.0 Å². The zero-order chi connectivity index (χ0) is 14.5. The van der Waals surface area contributed by atoms with Crippen LogP contribution in [0.5, 0.6) is 0 Å². The molecular formula is C16H25ClN4O. The fourth-order valence-corrected chi connectivity index (χ4v) is 3.25. The van der Waals surface area contributed by atoms with E-state index in [1.807, 2.05) is 17.2 Å². The summed E-state index contributed by atoms with van der Waals surface area (Å²) in [7, 11) is 0. The van der Waals surface area contributed by atoms with Gasteiger partial charge in [-0.25, -0.2) is 0 Å². The van der Waals surface area contributed by atoms with Gasteiger partial charge in [0.1, 0.15) is 0 Å². The number of amides is 1. The van der Waals surface area contributed by atoms with Crippen LogP contribution in [0.25, 0.3) is 0 Å². The molecule has 6 heteroatoms. The van der Waals surface area contributed by atoms with Crippen LogP contribution < -0.4 is 5.32 Å². The summed E-state index contributed by atoms with van der Waals surface area (Å²) < 4.78 is 0. The van der Waals surface area contributed by atoms with Crippen LogP contribution in [0.4, 0.5) is 0 Å². The maximum atomic E-state index is 12.5. The average Bonchev–Trinajstić information content (AvgIpc) is 2.57. The van der Waals surface area contributed by atoms with E-state index in [9.17, 15) is 4.79 Å². The Balaban J connectivity index is 0.00000176. The lowest BCUT2D eigenvalue weighted by atomic mass is 10.1. The van der Waals surface area contributed by atoms with Crippen molar-refractivity contribution in [2.45, 2.75) is 25.3 Å². The molecule has 2 saturated heterocycles. The van der Waals surface area contributed by atoms with E-state index in [1.54, 1.807) is 6.20 Å². The van der Waals surface area contributed by atoms with E-state index in [-0.39, 0.29) is 24.4 Å². The van der Waals surface area contributed by atoms with Crippen LogP contribution in [0.2, 0.25) is 0 Å². The minimum absolute atomic E-state index is 0. The van der Waals surface area contributed by atoms with Crippen molar-refractivity contribution in [1.29, 1.82) is 0 Å². The highest BCUT2D eigenvalue weighted by atomic mass is 35.5. The number of hydrogen-bond acceptors (Lipinski definition) is 4. The first-order chi connectivity index (χ1) is 10.3. The van der Waals surface area contributed by atoms with Crippen molar-refractivity contribution in [2.75, 3.05) is 39.3 Å². The lowest BCUT2D eigenvalue weighted by Gasteiger charge is -2.37. The lowest BCUT2D eigenvalue weighted by Crippen LogP contribution is -2.50. The van der Waals surface area contributed by atoms with Crippen LogP contribution in [0.15, 0.2) is 24.5 Å². The van der Waals surface area contributed by atoms with Gasteiger partial charge in [-0.15, -0.1) is 12.4 Å². The van der Waals surface area contributed by atoms with Crippen molar-refractivity contribution in [3.8, 4) is 0 Å². The van der Waals surface area contributed by atoms with Gasteiger partial charge in [0, 0.05) is 51.2 Å². The molecule has 22 heavy (non-hydrogen) atoms. The number of pyridine rings is 1. The first kappa shape index (κ1) is 17.2. The second-order valence-electron chi connectivity index (χ2n) is 5.92. The molecular weight excluding hydrogens is 300 g/mol. The van der Waals surface area contributed by atoms with Crippen LogP contribution >= 0.6 is 12.4 Å². The normalized spacial score (nSPS) is 22.9. The van der Waals surface area contributed by atoms with Crippen LogP contribution in [0.1, 0.15) is 30.9 Å². The number of carbonyl (C=O) groups excluding carboxylic acids is 1. The molecule has 1 N–H and O–H groups in total.